The maximum absolute atomic E-state index is 12.7. The van der Waals surface area contributed by atoms with Crippen LogP contribution in [0.2, 0.25) is 0 Å². The number of allylic oxidation sites excluding steroid dienone is 1. The largest absolute Gasteiger partial charge is 0.394 e. The SMILES string of the molecule is C[C@@H](CC[C@@H](O[C@@H]1O[C@H](CO[C@@H]2O[C@H](CO)[C@@H](O)[C@H](O)[C@H]2O)[C@H](O)[C@H](O)[C@H]1O[C@@H]1O[C@H](CO)[C@@H](O)[C@H](O)[C@H]1O)C(C)(C)O)[C@H]1CC[C@@]2(C)[C@H]3CC=C4[C@@H](CC[C@H](O[C@@H]5O[C@H](CO)[C@@H](O)[C@H](O)[C@H]5O)C4(C)C)[C@]3(C)[C@H](O)C[C@]12C. The van der Waals surface area contributed by atoms with Crippen molar-refractivity contribution in [1.82, 2.24) is 0 Å². The summed E-state index contributed by atoms with van der Waals surface area (Å²) >= 11 is 0. The molecule has 24 heteroatoms. The van der Waals surface area contributed by atoms with Gasteiger partial charge in [-0.1, -0.05) is 53.2 Å². The molecule has 0 spiro atoms. The van der Waals surface area contributed by atoms with Gasteiger partial charge in [0.1, 0.15) is 97.7 Å². The van der Waals surface area contributed by atoms with E-state index >= 15 is 0 Å². The number of hydrogen-bond donors (Lipinski definition) is 16. The average molecular weight is 1130 g/mol. The molecule has 3 saturated carbocycles. The van der Waals surface area contributed by atoms with Gasteiger partial charge >= 0.3 is 0 Å². The summed E-state index contributed by atoms with van der Waals surface area (Å²) in [5.74, 6) is 0.223. The van der Waals surface area contributed by atoms with Gasteiger partial charge in [-0.25, -0.2) is 0 Å². The molecule has 0 amide bonds. The van der Waals surface area contributed by atoms with Crippen LogP contribution in [-0.2, 0) is 37.9 Å². The van der Waals surface area contributed by atoms with E-state index < -0.39 is 184 Å². The molecule has 0 aromatic heterocycles. The Balaban J connectivity index is 0.987. The molecule has 0 radical (unpaired) electrons. The molecule has 78 heavy (non-hydrogen) atoms. The van der Waals surface area contributed by atoms with Crippen LogP contribution in [0.4, 0.5) is 0 Å². The molecule has 7 fully saturated rings. The number of rotatable bonds is 17. The monoisotopic (exact) mass is 1120 g/mol. The number of ether oxygens (including phenoxy) is 8. The molecule has 4 aliphatic heterocycles. The van der Waals surface area contributed by atoms with Gasteiger partial charge in [-0.15, -0.1) is 0 Å². The van der Waals surface area contributed by atoms with E-state index in [1.165, 1.54) is 13.8 Å². The van der Waals surface area contributed by atoms with E-state index in [1.54, 1.807) is 0 Å². The fraction of sp³-hybridized carbons (Fsp3) is 0.963. The number of aliphatic hydroxyl groups excluding tert-OH is 15. The lowest BCUT2D eigenvalue weighted by Crippen LogP contribution is -2.65. The van der Waals surface area contributed by atoms with Crippen LogP contribution in [0.1, 0.15) is 107 Å². The Labute approximate surface area is 455 Å². The van der Waals surface area contributed by atoms with E-state index in [0.717, 1.165) is 18.4 Å². The van der Waals surface area contributed by atoms with Gasteiger partial charge < -0.3 is 120 Å². The van der Waals surface area contributed by atoms with Crippen LogP contribution in [0.3, 0.4) is 0 Å². The van der Waals surface area contributed by atoms with E-state index in [-0.39, 0.29) is 40.9 Å². The van der Waals surface area contributed by atoms with E-state index in [9.17, 15) is 81.7 Å². The highest BCUT2D eigenvalue weighted by atomic mass is 16.8. The van der Waals surface area contributed by atoms with Crippen molar-refractivity contribution in [2.24, 2.45) is 45.3 Å². The first kappa shape index (κ1) is 62.8. The standard InChI is InChI=1S/C54H92O24/c1-22(23-15-16-52(6)30-12-10-24-25(54(30,8)31(58)17-53(23,52)7)11-14-32(50(24,2)3)76-47-43(68)39(64)35(60)27(19-56)73-47)9-13-33(51(4,5)70)77-49-45(78-48-44(69)40(65)36(61)28(20-57)74-48)41(66)37(62)29(75-49)21-71-46-42(67)38(63)34(59)26(18-55)72-46/h10,22-23,25-49,55-70H,9,11-21H2,1-8H3/t22-,23+,25+,26+,27+,28+,29+,30+,31+,32-,33+,34+,35+,36+,37-,38-,39-,40-,41-,42+,43+,44+,45+,46+,47-,48-,49-,52-,53+,54-/m0/s1. The molecule has 0 aromatic rings. The third-order valence-electron chi connectivity index (χ3n) is 20.8. The second-order valence-electron chi connectivity index (χ2n) is 25.9. The number of hydrogen-bond acceptors (Lipinski definition) is 24. The fourth-order valence-electron chi connectivity index (χ4n) is 15.6. The van der Waals surface area contributed by atoms with Gasteiger partial charge in [0.2, 0.25) is 0 Å². The van der Waals surface area contributed by atoms with Crippen molar-refractivity contribution in [2.45, 2.75) is 253 Å². The fourth-order valence-corrected chi connectivity index (χ4v) is 15.6. The first-order chi connectivity index (χ1) is 36.4. The molecule has 8 aliphatic rings. The molecule has 0 aromatic carbocycles. The van der Waals surface area contributed by atoms with Crippen LogP contribution in [0.25, 0.3) is 0 Å². The van der Waals surface area contributed by atoms with Crippen molar-refractivity contribution in [3.8, 4) is 0 Å². The zero-order valence-electron chi connectivity index (χ0n) is 46.1. The Kier molecular flexibility index (Phi) is 19.1. The number of aliphatic hydroxyl groups is 16. The van der Waals surface area contributed by atoms with Crippen molar-refractivity contribution >= 4 is 0 Å². The summed E-state index contributed by atoms with van der Waals surface area (Å²) in [7, 11) is 0. The van der Waals surface area contributed by atoms with Gasteiger partial charge in [-0.05, 0) is 99.7 Å². The molecule has 24 nitrogen and oxygen atoms in total. The molecule has 4 heterocycles. The maximum atomic E-state index is 12.7. The molecule has 0 bridgehead atoms. The van der Waals surface area contributed by atoms with Crippen LogP contribution in [0.15, 0.2) is 11.6 Å². The van der Waals surface area contributed by atoms with Crippen molar-refractivity contribution in [1.29, 1.82) is 0 Å². The Bertz CT molecular complexity index is 2020. The summed E-state index contributed by atoms with van der Waals surface area (Å²) < 4.78 is 47.7. The zero-order valence-corrected chi connectivity index (χ0v) is 46.1. The van der Waals surface area contributed by atoms with Gasteiger partial charge in [0.25, 0.3) is 0 Å². The van der Waals surface area contributed by atoms with Crippen LogP contribution in [0.5, 0.6) is 0 Å². The lowest BCUT2D eigenvalue weighted by Gasteiger charge is -2.67. The predicted molar refractivity (Wildman–Crippen MR) is 268 cm³/mol. The summed E-state index contributed by atoms with van der Waals surface area (Å²) in [4.78, 5) is 0. The lowest BCUT2D eigenvalue weighted by atomic mass is 9.38. The Morgan fingerprint density at radius 2 is 1.09 bits per heavy atom. The van der Waals surface area contributed by atoms with E-state index in [2.05, 4.69) is 47.6 Å². The van der Waals surface area contributed by atoms with Crippen molar-refractivity contribution < 1.29 is 120 Å². The first-order valence-corrected chi connectivity index (χ1v) is 28.0. The highest BCUT2D eigenvalue weighted by Crippen LogP contribution is 2.75. The van der Waals surface area contributed by atoms with Crippen LogP contribution >= 0.6 is 0 Å². The molecule has 0 unspecified atom stereocenters. The smallest absolute Gasteiger partial charge is 0.187 e. The Hall–Kier alpha value is -1.22. The van der Waals surface area contributed by atoms with E-state index in [4.69, 9.17) is 37.9 Å². The molecule has 4 saturated heterocycles. The quantitative estimate of drug-likeness (QED) is 0.0637. The second-order valence-corrected chi connectivity index (χ2v) is 25.9. The van der Waals surface area contributed by atoms with Crippen LogP contribution in [0, 0.1) is 45.3 Å². The third kappa shape index (κ3) is 11.0. The minimum atomic E-state index is -1.93. The summed E-state index contributed by atoms with van der Waals surface area (Å²) in [5, 5.41) is 172. The summed E-state index contributed by atoms with van der Waals surface area (Å²) in [6, 6.07) is 0. The van der Waals surface area contributed by atoms with Gasteiger partial charge in [-0.2, -0.15) is 0 Å². The molecule has 16 N–H and O–H groups in total. The zero-order chi connectivity index (χ0) is 57.5. The Morgan fingerprint density at radius 3 is 1.63 bits per heavy atom. The normalized spacial score (nSPS) is 51.4. The molecule has 452 valence electrons. The van der Waals surface area contributed by atoms with Gasteiger partial charge in [-0.3, -0.25) is 0 Å². The predicted octanol–water partition coefficient (Wildman–Crippen LogP) is -3.23. The molecule has 4 aliphatic carbocycles. The highest BCUT2D eigenvalue weighted by molar-refractivity contribution is 5.32. The number of fused-ring (bicyclic) bond motifs is 5. The second kappa shape index (κ2) is 23.7. The minimum absolute atomic E-state index is 0.00555. The van der Waals surface area contributed by atoms with Crippen molar-refractivity contribution in [2.75, 3.05) is 26.4 Å². The van der Waals surface area contributed by atoms with Crippen LogP contribution in [-0.4, -0.2) is 255 Å². The lowest BCUT2D eigenvalue weighted by molar-refractivity contribution is -0.380. The average Bonchev–Trinajstić information content (AvgIpc) is 3.21. The summed E-state index contributed by atoms with van der Waals surface area (Å²) in [6.45, 7) is 13.5. The highest BCUT2D eigenvalue weighted by Gasteiger charge is 2.70. The maximum Gasteiger partial charge on any atom is 0.187 e. The molecular formula is C54H92O24. The van der Waals surface area contributed by atoms with Crippen LogP contribution < -0.4 is 0 Å². The van der Waals surface area contributed by atoms with E-state index in [1.807, 2.05) is 0 Å². The van der Waals surface area contributed by atoms with Gasteiger partial charge in [0.05, 0.1) is 50.3 Å². The topological polar surface area (TPSA) is 398 Å². The van der Waals surface area contributed by atoms with Crippen molar-refractivity contribution in [3.05, 3.63) is 11.6 Å². The van der Waals surface area contributed by atoms with Gasteiger partial charge in [0.15, 0.2) is 25.2 Å². The third-order valence-corrected chi connectivity index (χ3v) is 20.8. The molecule has 30 atom stereocenters. The minimum Gasteiger partial charge on any atom is -0.394 e. The summed E-state index contributed by atoms with van der Waals surface area (Å²) in [6.07, 6.45) is -27.6. The molecule has 8 rings (SSSR count). The first-order valence-electron chi connectivity index (χ1n) is 28.0. The Morgan fingerprint density at radius 1 is 0.590 bits per heavy atom. The molecular weight excluding hydrogens is 1030 g/mol. The van der Waals surface area contributed by atoms with Gasteiger partial charge in [0, 0.05) is 10.8 Å². The summed E-state index contributed by atoms with van der Waals surface area (Å²) in [5.41, 5.74) is -2.07. The van der Waals surface area contributed by atoms with E-state index in [0.29, 0.717) is 32.1 Å². The van der Waals surface area contributed by atoms with Crippen molar-refractivity contribution in [3.63, 3.8) is 0 Å².